The molecule has 0 N–H and O–H groups in total. The van der Waals surface area contributed by atoms with Crippen LogP contribution >= 0.6 is 0 Å². The van der Waals surface area contributed by atoms with Gasteiger partial charge in [0.2, 0.25) is 5.91 Å². The van der Waals surface area contributed by atoms with Crippen LogP contribution in [0.25, 0.3) is 11.3 Å². The molecule has 6 heteroatoms. The molecule has 1 amide bonds. The molecule has 0 radical (unpaired) electrons. The highest BCUT2D eigenvalue weighted by Gasteiger charge is 2.22. The first-order valence-corrected chi connectivity index (χ1v) is 8.04. The highest BCUT2D eigenvalue weighted by Crippen LogP contribution is 2.26. The van der Waals surface area contributed by atoms with Gasteiger partial charge in [-0.15, -0.1) is 0 Å². The van der Waals surface area contributed by atoms with Gasteiger partial charge in [0, 0.05) is 25.7 Å². The standard InChI is InChI=1S/C17H22N4O2/c1-11-17(12(2)23-20-11)16-9-15(18-10-19-16)8-14-4-6-21(7-5-14)13(3)22/h9-10,14H,4-8H2,1-3H3. The molecular formula is C17H22N4O2. The molecule has 3 heterocycles. The van der Waals surface area contributed by atoms with E-state index in [-0.39, 0.29) is 5.91 Å². The Morgan fingerprint density at radius 1 is 1.30 bits per heavy atom. The Bertz CT molecular complexity index is 683. The third kappa shape index (κ3) is 3.41. The molecule has 1 aliphatic heterocycles. The van der Waals surface area contributed by atoms with Crippen LogP contribution in [0.3, 0.4) is 0 Å². The van der Waals surface area contributed by atoms with Crippen LogP contribution in [0.15, 0.2) is 16.9 Å². The Hall–Kier alpha value is -2.24. The highest BCUT2D eigenvalue weighted by atomic mass is 16.5. The zero-order valence-electron chi connectivity index (χ0n) is 13.9. The summed E-state index contributed by atoms with van der Waals surface area (Å²) in [7, 11) is 0. The normalized spacial score (nSPS) is 15.9. The van der Waals surface area contributed by atoms with Gasteiger partial charge in [0.15, 0.2) is 0 Å². The van der Waals surface area contributed by atoms with Gasteiger partial charge in [-0.05, 0) is 45.1 Å². The predicted molar refractivity (Wildman–Crippen MR) is 85.7 cm³/mol. The predicted octanol–water partition coefficient (Wildman–Crippen LogP) is 2.55. The van der Waals surface area contributed by atoms with Crippen molar-refractivity contribution in [2.75, 3.05) is 13.1 Å². The number of nitrogens with zero attached hydrogens (tertiary/aromatic N) is 4. The van der Waals surface area contributed by atoms with E-state index in [2.05, 4.69) is 15.1 Å². The summed E-state index contributed by atoms with van der Waals surface area (Å²) < 4.78 is 5.23. The van der Waals surface area contributed by atoms with Crippen molar-refractivity contribution in [1.29, 1.82) is 0 Å². The molecule has 0 aliphatic carbocycles. The quantitative estimate of drug-likeness (QED) is 0.870. The van der Waals surface area contributed by atoms with E-state index in [1.54, 1.807) is 13.3 Å². The number of aromatic nitrogens is 3. The Morgan fingerprint density at radius 3 is 2.65 bits per heavy atom. The molecule has 2 aromatic heterocycles. The number of likely N-dealkylation sites (tertiary alicyclic amines) is 1. The summed E-state index contributed by atoms with van der Waals surface area (Å²) in [6, 6.07) is 2.03. The Kier molecular flexibility index (Phi) is 4.41. The van der Waals surface area contributed by atoms with Crippen molar-refractivity contribution >= 4 is 5.91 Å². The smallest absolute Gasteiger partial charge is 0.219 e. The zero-order valence-corrected chi connectivity index (χ0v) is 13.9. The molecule has 3 rings (SSSR count). The van der Waals surface area contributed by atoms with E-state index in [0.717, 1.165) is 60.8 Å². The third-order valence-electron chi connectivity index (χ3n) is 4.57. The Labute approximate surface area is 135 Å². The Morgan fingerprint density at radius 2 is 2.04 bits per heavy atom. The van der Waals surface area contributed by atoms with Gasteiger partial charge in [-0.2, -0.15) is 0 Å². The molecule has 0 atom stereocenters. The van der Waals surface area contributed by atoms with Crippen molar-refractivity contribution < 1.29 is 9.32 Å². The maximum atomic E-state index is 11.4. The van der Waals surface area contributed by atoms with Crippen LogP contribution in [0.1, 0.15) is 36.9 Å². The first-order valence-electron chi connectivity index (χ1n) is 8.04. The highest BCUT2D eigenvalue weighted by molar-refractivity contribution is 5.73. The summed E-state index contributed by atoms with van der Waals surface area (Å²) in [4.78, 5) is 22.1. The first-order chi connectivity index (χ1) is 11.0. The zero-order chi connectivity index (χ0) is 16.4. The summed E-state index contributed by atoms with van der Waals surface area (Å²) in [5, 5.41) is 3.99. The van der Waals surface area contributed by atoms with Gasteiger partial charge in [-0.25, -0.2) is 9.97 Å². The topological polar surface area (TPSA) is 72.1 Å². The van der Waals surface area contributed by atoms with Crippen molar-refractivity contribution in [3.63, 3.8) is 0 Å². The maximum Gasteiger partial charge on any atom is 0.219 e. The van der Waals surface area contributed by atoms with Crippen LogP contribution in [-0.2, 0) is 11.2 Å². The molecule has 23 heavy (non-hydrogen) atoms. The van der Waals surface area contributed by atoms with Crippen LogP contribution < -0.4 is 0 Å². The van der Waals surface area contributed by atoms with E-state index in [1.165, 1.54) is 0 Å². The van der Waals surface area contributed by atoms with Gasteiger partial charge >= 0.3 is 0 Å². The van der Waals surface area contributed by atoms with Gasteiger partial charge < -0.3 is 9.42 Å². The summed E-state index contributed by atoms with van der Waals surface area (Å²) >= 11 is 0. The van der Waals surface area contributed by atoms with Crippen molar-refractivity contribution in [1.82, 2.24) is 20.0 Å². The molecule has 0 unspecified atom stereocenters. The minimum Gasteiger partial charge on any atom is -0.361 e. The second-order valence-electron chi connectivity index (χ2n) is 6.25. The summed E-state index contributed by atoms with van der Waals surface area (Å²) in [5.41, 5.74) is 3.71. The fourth-order valence-corrected chi connectivity index (χ4v) is 3.24. The van der Waals surface area contributed by atoms with E-state index in [0.29, 0.717) is 5.92 Å². The van der Waals surface area contributed by atoms with Crippen LogP contribution in [0, 0.1) is 19.8 Å². The maximum absolute atomic E-state index is 11.4. The second kappa shape index (κ2) is 6.48. The summed E-state index contributed by atoms with van der Waals surface area (Å²) in [6.45, 7) is 7.16. The lowest BCUT2D eigenvalue weighted by atomic mass is 9.91. The van der Waals surface area contributed by atoms with Gasteiger partial charge in [-0.1, -0.05) is 5.16 Å². The molecule has 122 valence electrons. The van der Waals surface area contributed by atoms with Crippen molar-refractivity contribution in [3.05, 3.63) is 29.5 Å². The molecule has 0 spiro atoms. The second-order valence-corrected chi connectivity index (χ2v) is 6.25. The van der Waals surface area contributed by atoms with E-state index in [4.69, 9.17) is 4.52 Å². The van der Waals surface area contributed by atoms with Crippen LogP contribution in [0.2, 0.25) is 0 Å². The number of aryl methyl sites for hydroxylation is 2. The van der Waals surface area contributed by atoms with Gasteiger partial charge in [0.1, 0.15) is 12.1 Å². The molecule has 1 fully saturated rings. The molecule has 1 saturated heterocycles. The van der Waals surface area contributed by atoms with Gasteiger partial charge in [0.25, 0.3) is 0 Å². The molecule has 0 aromatic carbocycles. The number of piperidine rings is 1. The number of rotatable bonds is 3. The lowest BCUT2D eigenvalue weighted by Crippen LogP contribution is -2.37. The number of carbonyl (C=O) groups excluding carboxylic acids is 1. The van der Waals surface area contributed by atoms with E-state index in [9.17, 15) is 4.79 Å². The average molecular weight is 314 g/mol. The van der Waals surface area contributed by atoms with Crippen LogP contribution in [-0.4, -0.2) is 39.0 Å². The monoisotopic (exact) mass is 314 g/mol. The average Bonchev–Trinajstić information content (AvgIpc) is 2.87. The number of carbonyl (C=O) groups is 1. The largest absolute Gasteiger partial charge is 0.361 e. The van der Waals surface area contributed by atoms with E-state index < -0.39 is 0 Å². The minimum absolute atomic E-state index is 0.172. The Balaban J connectivity index is 1.71. The van der Waals surface area contributed by atoms with E-state index >= 15 is 0 Å². The van der Waals surface area contributed by atoms with E-state index in [1.807, 2.05) is 24.8 Å². The number of amides is 1. The fraction of sp³-hybridized carbons (Fsp3) is 0.529. The minimum atomic E-state index is 0.172. The third-order valence-corrected chi connectivity index (χ3v) is 4.57. The molecular weight excluding hydrogens is 292 g/mol. The lowest BCUT2D eigenvalue weighted by Gasteiger charge is -2.31. The molecule has 6 nitrogen and oxygen atoms in total. The lowest BCUT2D eigenvalue weighted by molar-refractivity contribution is -0.130. The molecule has 1 aliphatic rings. The number of hydrogen-bond donors (Lipinski definition) is 0. The molecule has 0 saturated carbocycles. The van der Waals surface area contributed by atoms with Gasteiger partial charge in [0.05, 0.1) is 17.0 Å². The first kappa shape index (κ1) is 15.6. The fourth-order valence-electron chi connectivity index (χ4n) is 3.24. The van der Waals surface area contributed by atoms with Crippen LogP contribution in [0.4, 0.5) is 0 Å². The molecule has 0 bridgehead atoms. The number of hydrogen-bond acceptors (Lipinski definition) is 5. The summed E-state index contributed by atoms with van der Waals surface area (Å²) in [5.74, 6) is 1.52. The van der Waals surface area contributed by atoms with Crippen molar-refractivity contribution in [3.8, 4) is 11.3 Å². The molecule has 2 aromatic rings. The van der Waals surface area contributed by atoms with Crippen molar-refractivity contribution in [2.45, 2.75) is 40.0 Å². The SMILES string of the molecule is CC(=O)N1CCC(Cc2cc(-c3c(C)noc3C)ncn2)CC1. The summed E-state index contributed by atoms with van der Waals surface area (Å²) in [6.07, 6.45) is 4.60. The van der Waals surface area contributed by atoms with Crippen LogP contribution in [0.5, 0.6) is 0 Å². The van der Waals surface area contributed by atoms with Crippen molar-refractivity contribution in [2.24, 2.45) is 5.92 Å². The van der Waals surface area contributed by atoms with Gasteiger partial charge in [-0.3, -0.25) is 4.79 Å².